The molecule has 1 aliphatic heterocycles. The van der Waals surface area contributed by atoms with E-state index in [0.717, 1.165) is 22.6 Å². The van der Waals surface area contributed by atoms with Gasteiger partial charge in [-0.15, -0.1) is 0 Å². The molecule has 0 saturated heterocycles. The zero-order valence-electron chi connectivity index (χ0n) is 14.5. The van der Waals surface area contributed by atoms with Gasteiger partial charge in [0.25, 0.3) is 5.89 Å². The van der Waals surface area contributed by atoms with Crippen molar-refractivity contribution in [3.63, 3.8) is 0 Å². The molecule has 0 fully saturated rings. The van der Waals surface area contributed by atoms with E-state index in [2.05, 4.69) is 10.1 Å². The highest BCUT2D eigenvalue weighted by molar-refractivity contribution is 5.95. The first-order chi connectivity index (χ1) is 13.2. The normalized spacial score (nSPS) is 12.6. The number of fused-ring (bicyclic) bond motifs is 1. The standard InChI is InChI=1S/C20H16N2O5/c1-24-16-8-6-13(7-9-16)19-21-18(27-22-19)12-26-20(23)15-10-14-4-2-3-5-17(14)25-11-15/h2-10H,11-12H2,1H3. The van der Waals surface area contributed by atoms with Crippen molar-refractivity contribution >= 4 is 12.0 Å². The van der Waals surface area contributed by atoms with E-state index in [-0.39, 0.29) is 19.1 Å². The van der Waals surface area contributed by atoms with Crippen LogP contribution in [0.2, 0.25) is 0 Å². The van der Waals surface area contributed by atoms with Crippen molar-refractivity contribution in [1.82, 2.24) is 10.1 Å². The third-order valence-corrected chi connectivity index (χ3v) is 4.04. The number of methoxy groups -OCH3 is 1. The summed E-state index contributed by atoms with van der Waals surface area (Å²) < 4.78 is 21.1. The maximum atomic E-state index is 12.3. The van der Waals surface area contributed by atoms with E-state index in [1.165, 1.54) is 0 Å². The third kappa shape index (κ3) is 3.67. The molecular weight excluding hydrogens is 348 g/mol. The average molecular weight is 364 g/mol. The highest BCUT2D eigenvalue weighted by Gasteiger charge is 2.19. The van der Waals surface area contributed by atoms with E-state index in [9.17, 15) is 4.79 Å². The fraction of sp³-hybridized carbons (Fsp3) is 0.150. The molecule has 2 aromatic carbocycles. The van der Waals surface area contributed by atoms with Crippen LogP contribution in [0.15, 0.2) is 58.6 Å². The van der Waals surface area contributed by atoms with Crippen LogP contribution < -0.4 is 9.47 Å². The molecule has 0 spiro atoms. The minimum atomic E-state index is -0.478. The van der Waals surface area contributed by atoms with Crippen molar-refractivity contribution in [3.05, 3.63) is 65.6 Å². The molecule has 7 heteroatoms. The number of rotatable bonds is 5. The Morgan fingerprint density at radius 1 is 1.15 bits per heavy atom. The van der Waals surface area contributed by atoms with Gasteiger partial charge in [0.2, 0.25) is 5.82 Å². The Balaban J connectivity index is 1.40. The van der Waals surface area contributed by atoms with Gasteiger partial charge in [0.15, 0.2) is 6.61 Å². The lowest BCUT2D eigenvalue weighted by atomic mass is 10.1. The van der Waals surface area contributed by atoms with E-state index in [1.54, 1.807) is 25.3 Å². The van der Waals surface area contributed by atoms with Gasteiger partial charge in [0.05, 0.1) is 12.7 Å². The number of benzene rings is 2. The molecule has 0 bridgehead atoms. The molecule has 0 amide bonds. The zero-order chi connectivity index (χ0) is 18.6. The molecule has 0 aliphatic carbocycles. The van der Waals surface area contributed by atoms with Gasteiger partial charge in [-0.3, -0.25) is 0 Å². The molecule has 3 aromatic rings. The quantitative estimate of drug-likeness (QED) is 0.643. The van der Waals surface area contributed by atoms with Crippen molar-refractivity contribution in [2.45, 2.75) is 6.61 Å². The van der Waals surface area contributed by atoms with Crippen LogP contribution in [0.25, 0.3) is 17.5 Å². The Kier molecular flexibility index (Phi) is 4.57. The summed E-state index contributed by atoms with van der Waals surface area (Å²) in [5.74, 6) is 1.63. The van der Waals surface area contributed by atoms with Gasteiger partial charge in [-0.25, -0.2) is 4.79 Å². The monoisotopic (exact) mass is 364 g/mol. The molecule has 4 rings (SSSR count). The number of nitrogens with zero attached hydrogens (tertiary/aromatic N) is 2. The number of aromatic nitrogens is 2. The van der Waals surface area contributed by atoms with Crippen molar-refractivity contribution in [2.75, 3.05) is 13.7 Å². The molecule has 1 aliphatic rings. The van der Waals surface area contributed by atoms with Gasteiger partial charge in [0, 0.05) is 11.1 Å². The van der Waals surface area contributed by atoms with Gasteiger partial charge in [-0.2, -0.15) is 4.98 Å². The molecule has 27 heavy (non-hydrogen) atoms. The molecule has 0 atom stereocenters. The number of carbonyl (C=O) groups excluding carboxylic acids is 1. The van der Waals surface area contributed by atoms with Crippen LogP contribution in [0.3, 0.4) is 0 Å². The van der Waals surface area contributed by atoms with E-state index < -0.39 is 5.97 Å². The summed E-state index contributed by atoms with van der Waals surface area (Å²) in [6, 6.07) is 14.7. The number of ether oxygens (including phenoxy) is 3. The molecule has 1 aromatic heterocycles. The Morgan fingerprint density at radius 3 is 2.78 bits per heavy atom. The smallest absolute Gasteiger partial charge is 0.338 e. The lowest BCUT2D eigenvalue weighted by molar-refractivity contribution is -0.141. The van der Waals surface area contributed by atoms with E-state index in [1.807, 2.05) is 36.4 Å². The molecule has 136 valence electrons. The molecule has 0 unspecified atom stereocenters. The predicted molar refractivity (Wildman–Crippen MR) is 96.0 cm³/mol. The SMILES string of the molecule is COc1ccc(-c2noc(COC(=O)C3=Cc4ccccc4OC3)n2)cc1. The third-order valence-electron chi connectivity index (χ3n) is 4.04. The number of carbonyl (C=O) groups is 1. The molecule has 7 nitrogen and oxygen atoms in total. The van der Waals surface area contributed by atoms with Crippen LogP contribution in [0, 0.1) is 0 Å². The van der Waals surface area contributed by atoms with Crippen molar-refractivity contribution in [3.8, 4) is 22.9 Å². The molecule has 0 saturated carbocycles. The second-order valence-corrected chi connectivity index (χ2v) is 5.81. The first-order valence-corrected chi connectivity index (χ1v) is 8.29. The number of para-hydroxylation sites is 1. The van der Waals surface area contributed by atoms with Crippen LogP contribution in [-0.4, -0.2) is 29.8 Å². The molecular formula is C20H16N2O5. The fourth-order valence-corrected chi connectivity index (χ4v) is 2.62. The lowest BCUT2D eigenvalue weighted by Gasteiger charge is -2.16. The van der Waals surface area contributed by atoms with E-state index in [4.69, 9.17) is 18.7 Å². The zero-order valence-corrected chi connectivity index (χ0v) is 14.5. The van der Waals surface area contributed by atoms with Crippen molar-refractivity contribution < 1.29 is 23.5 Å². The van der Waals surface area contributed by atoms with Gasteiger partial charge in [-0.05, 0) is 36.4 Å². The second-order valence-electron chi connectivity index (χ2n) is 5.81. The van der Waals surface area contributed by atoms with Gasteiger partial charge < -0.3 is 18.7 Å². The van der Waals surface area contributed by atoms with Crippen molar-refractivity contribution in [1.29, 1.82) is 0 Å². The van der Waals surface area contributed by atoms with Crippen LogP contribution >= 0.6 is 0 Å². The highest BCUT2D eigenvalue weighted by atomic mass is 16.6. The topological polar surface area (TPSA) is 83.7 Å². The molecule has 2 heterocycles. The highest BCUT2D eigenvalue weighted by Crippen LogP contribution is 2.26. The largest absolute Gasteiger partial charge is 0.497 e. The van der Waals surface area contributed by atoms with Crippen LogP contribution in [0.5, 0.6) is 11.5 Å². The summed E-state index contributed by atoms with van der Waals surface area (Å²) in [6.07, 6.45) is 1.76. The summed E-state index contributed by atoms with van der Waals surface area (Å²) in [5.41, 5.74) is 2.05. The van der Waals surface area contributed by atoms with Crippen molar-refractivity contribution in [2.24, 2.45) is 0 Å². The van der Waals surface area contributed by atoms with Gasteiger partial charge in [0.1, 0.15) is 18.1 Å². The van der Waals surface area contributed by atoms with Crippen LogP contribution in [0.1, 0.15) is 11.5 Å². The lowest BCUT2D eigenvalue weighted by Crippen LogP contribution is -2.17. The molecule has 0 radical (unpaired) electrons. The van der Waals surface area contributed by atoms with Crippen LogP contribution in [0.4, 0.5) is 0 Å². The Bertz CT molecular complexity index is 992. The summed E-state index contributed by atoms with van der Waals surface area (Å²) in [7, 11) is 1.60. The summed E-state index contributed by atoms with van der Waals surface area (Å²) in [5, 5.41) is 3.90. The summed E-state index contributed by atoms with van der Waals surface area (Å²) >= 11 is 0. The molecule has 0 N–H and O–H groups in total. The van der Waals surface area contributed by atoms with Crippen LogP contribution in [-0.2, 0) is 16.1 Å². The first-order valence-electron chi connectivity index (χ1n) is 8.29. The second kappa shape index (κ2) is 7.33. The van der Waals surface area contributed by atoms with Gasteiger partial charge in [-0.1, -0.05) is 23.4 Å². The fourth-order valence-electron chi connectivity index (χ4n) is 2.62. The predicted octanol–water partition coefficient (Wildman–Crippen LogP) is 3.26. The minimum Gasteiger partial charge on any atom is -0.497 e. The Hall–Kier alpha value is -3.61. The number of hydrogen-bond donors (Lipinski definition) is 0. The Morgan fingerprint density at radius 2 is 1.96 bits per heavy atom. The number of esters is 1. The summed E-state index contributed by atoms with van der Waals surface area (Å²) in [4.78, 5) is 16.5. The summed E-state index contributed by atoms with van der Waals surface area (Å²) in [6.45, 7) is 0.0533. The van der Waals surface area contributed by atoms with E-state index >= 15 is 0 Å². The maximum absolute atomic E-state index is 12.3. The van der Waals surface area contributed by atoms with Gasteiger partial charge >= 0.3 is 5.97 Å². The first kappa shape index (κ1) is 16.8. The van der Waals surface area contributed by atoms with E-state index in [0.29, 0.717) is 11.4 Å². The average Bonchev–Trinajstić information content (AvgIpc) is 3.21. The minimum absolute atomic E-state index is 0.110. The Labute approximate surface area is 155 Å². The number of hydrogen-bond acceptors (Lipinski definition) is 7. The maximum Gasteiger partial charge on any atom is 0.338 e.